The Morgan fingerprint density at radius 2 is 1.75 bits per heavy atom. The molecule has 0 atom stereocenters. The lowest BCUT2D eigenvalue weighted by molar-refractivity contribution is -0.128. The maximum Gasteiger partial charge on any atom is 0.337 e. The zero-order chi connectivity index (χ0) is 17.5. The van der Waals surface area contributed by atoms with Crippen molar-refractivity contribution in [3.63, 3.8) is 0 Å². The molecule has 0 saturated carbocycles. The van der Waals surface area contributed by atoms with E-state index < -0.39 is 11.9 Å². The van der Waals surface area contributed by atoms with Gasteiger partial charge >= 0.3 is 11.9 Å². The maximum atomic E-state index is 11.9. The van der Waals surface area contributed by atoms with Crippen LogP contribution < -0.4 is 9.47 Å². The molecule has 0 amide bonds. The molecule has 0 radical (unpaired) electrons. The van der Waals surface area contributed by atoms with Gasteiger partial charge in [0.15, 0.2) is 0 Å². The Balaban J connectivity index is 2.05. The summed E-state index contributed by atoms with van der Waals surface area (Å²) in [5.74, 6) is -0.0134. The second-order valence-corrected chi connectivity index (χ2v) is 5.57. The largest absolute Gasteiger partial charge is 0.496 e. The van der Waals surface area contributed by atoms with E-state index in [4.69, 9.17) is 9.47 Å². The Hall–Kier alpha value is -2.60. The van der Waals surface area contributed by atoms with E-state index in [1.165, 1.54) is 37.5 Å². The van der Waals surface area contributed by atoms with E-state index in [9.17, 15) is 9.59 Å². The molecule has 6 heteroatoms. The van der Waals surface area contributed by atoms with Crippen LogP contribution in [0, 0.1) is 0 Å². The predicted molar refractivity (Wildman–Crippen MR) is 93.1 cm³/mol. The van der Waals surface area contributed by atoms with Gasteiger partial charge in [0, 0.05) is 16.1 Å². The number of rotatable bonds is 5. The monoisotopic (exact) mass is 390 g/mol. The third kappa shape index (κ3) is 4.70. The van der Waals surface area contributed by atoms with Gasteiger partial charge in [-0.05, 0) is 48.5 Å². The molecular weight excluding hydrogens is 376 g/mol. The van der Waals surface area contributed by atoms with Gasteiger partial charge < -0.3 is 14.2 Å². The summed E-state index contributed by atoms with van der Waals surface area (Å²) in [6.45, 7) is 0. The molecule has 2 rings (SSSR count). The number of hydrogen-bond donors (Lipinski definition) is 0. The van der Waals surface area contributed by atoms with E-state index in [1.54, 1.807) is 19.3 Å². The Bertz CT molecular complexity index is 765. The molecule has 124 valence electrons. The lowest BCUT2D eigenvalue weighted by Crippen LogP contribution is -2.05. The van der Waals surface area contributed by atoms with E-state index in [-0.39, 0.29) is 0 Å². The zero-order valence-corrected chi connectivity index (χ0v) is 14.7. The summed E-state index contributed by atoms with van der Waals surface area (Å²) in [5, 5.41) is 0. The molecule has 0 bridgehead atoms. The third-order valence-electron chi connectivity index (χ3n) is 3.08. The van der Waals surface area contributed by atoms with Crippen molar-refractivity contribution in [2.45, 2.75) is 0 Å². The number of carbonyl (C=O) groups is 2. The van der Waals surface area contributed by atoms with E-state index in [0.717, 1.165) is 10.0 Å². The normalized spacial score (nSPS) is 10.5. The molecule has 0 N–H and O–H groups in total. The molecule has 0 aliphatic heterocycles. The van der Waals surface area contributed by atoms with Crippen molar-refractivity contribution in [3.8, 4) is 11.5 Å². The summed E-state index contributed by atoms with van der Waals surface area (Å²) in [5.41, 5.74) is 1.12. The molecule has 0 fully saturated rings. The lowest BCUT2D eigenvalue weighted by Gasteiger charge is -2.05. The van der Waals surface area contributed by atoms with Crippen LogP contribution in [0.2, 0.25) is 0 Å². The van der Waals surface area contributed by atoms with Crippen molar-refractivity contribution in [2.24, 2.45) is 0 Å². The van der Waals surface area contributed by atoms with Crippen molar-refractivity contribution in [2.75, 3.05) is 14.2 Å². The molecule has 0 saturated heterocycles. The molecule has 2 aromatic carbocycles. The van der Waals surface area contributed by atoms with E-state index in [2.05, 4.69) is 20.7 Å². The molecule has 0 unspecified atom stereocenters. The zero-order valence-electron chi connectivity index (χ0n) is 13.1. The average Bonchev–Trinajstić information content (AvgIpc) is 2.60. The van der Waals surface area contributed by atoms with Gasteiger partial charge in [0.2, 0.25) is 0 Å². The average molecular weight is 391 g/mol. The topological polar surface area (TPSA) is 61.8 Å². The highest BCUT2D eigenvalue weighted by Gasteiger charge is 2.07. The Morgan fingerprint density at radius 1 is 1.04 bits per heavy atom. The molecule has 5 nitrogen and oxygen atoms in total. The molecule has 0 spiro atoms. The van der Waals surface area contributed by atoms with Crippen LogP contribution in [0.4, 0.5) is 0 Å². The van der Waals surface area contributed by atoms with Crippen LogP contribution >= 0.6 is 15.9 Å². The van der Waals surface area contributed by atoms with Gasteiger partial charge in [-0.2, -0.15) is 0 Å². The van der Waals surface area contributed by atoms with Gasteiger partial charge in [0.25, 0.3) is 0 Å². The quantitative estimate of drug-likeness (QED) is 0.440. The van der Waals surface area contributed by atoms with Crippen LogP contribution in [-0.4, -0.2) is 26.2 Å². The second-order valence-electron chi connectivity index (χ2n) is 4.66. The van der Waals surface area contributed by atoms with Gasteiger partial charge in [-0.3, -0.25) is 0 Å². The van der Waals surface area contributed by atoms with Gasteiger partial charge in [-0.15, -0.1) is 0 Å². The standard InChI is InChI=1S/C18H15BrO5/c1-22-16-9-6-14(19)11-13(16)5-10-17(20)24-15-7-3-12(4-8-15)18(21)23-2/h3-11H,1-2H3/b10-5+. The minimum absolute atomic E-state index is 0.332. The predicted octanol–water partition coefficient (Wildman–Crippen LogP) is 3.86. The molecule has 24 heavy (non-hydrogen) atoms. The first kappa shape index (κ1) is 17.7. The molecule has 0 aromatic heterocycles. The molecule has 2 aromatic rings. The van der Waals surface area contributed by atoms with E-state index >= 15 is 0 Å². The van der Waals surface area contributed by atoms with Crippen LogP contribution in [0.25, 0.3) is 6.08 Å². The van der Waals surface area contributed by atoms with Crippen molar-refractivity contribution in [1.82, 2.24) is 0 Å². The van der Waals surface area contributed by atoms with Crippen molar-refractivity contribution in [1.29, 1.82) is 0 Å². The van der Waals surface area contributed by atoms with Crippen molar-refractivity contribution in [3.05, 3.63) is 64.1 Å². The fourth-order valence-electron chi connectivity index (χ4n) is 1.92. The highest BCUT2D eigenvalue weighted by atomic mass is 79.9. The van der Waals surface area contributed by atoms with Gasteiger partial charge in [-0.25, -0.2) is 9.59 Å². The molecule has 0 aliphatic carbocycles. The number of esters is 2. The number of benzene rings is 2. The summed E-state index contributed by atoms with van der Waals surface area (Å²) in [4.78, 5) is 23.2. The second kappa shape index (κ2) is 8.31. The summed E-state index contributed by atoms with van der Waals surface area (Å²) >= 11 is 3.37. The molecule has 0 heterocycles. The number of carbonyl (C=O) groups excluding carboxylic acids is 2. The maximum absolute atomic E-state index is 11.9. The number of halogens is 1. The van der Waals surface area contributed by atoms with Crippen molar-refractivity contribution >= 4 is 33.9 Å². The van der Waals surface area contributed by atoms with E-state index in [1.807, 2.05) is 12.1 Å². The van der Waals surface area contributed by atoms with E-state index in [0.29, 0.717) is 17.1 Å². The third-order valence-corrected chi connectivity index (χ3v) is 3.58. The highest BCUT2D eigenvalue weighted by molar-refractivity contribution is 9.10. The van der Waals surface area contributed by atoms with Gasteiger partial charge in [-0.1, -0.05) is 15.9 Å². The first-order chi connectivity index (χ1) is 11.5. The number of hydrogen-bond acceptors (Lipinski definition) is 5. The minimum atomic E-state index is -0.539. The van der Waals surface area contributed by atoms with Gasteiger partial charge in [0.05, 0.1) is 19.8 Å². The first-order valence-electron chi connectivity index (χ1n) is 6.95. The Kier molecular flexibility index (Phi) is 6.14. The Morgan fingerprint density at radius 3 is 2.38 bits per heavy atom. The SMILES string of the molecule is COC(=O)c1ccc(OC(=O)/C=C/c2cc(Br)ccc2OC)cc1. The van der Waals surface area contributed by atoms with Crippen LogP contribution in [0.3, 0.4) is 0 Å². The van der Waals surface area contributed by atoms with Gasteiger partial charge in [0.1, 0.15) is 11.5 Å². The summed E-state index contributed by atoms with van der Waals surface area (Å²) < 4.78 is 15.9. The van der Waals surface area contributed by atoms with Crippen LogP contribution in [0.1, 0.15) is 15.9 Å². The Labute approximate surface area is 148 Å². The smallest absolute Gasteiger partial charge is 0.337 e. The number of ether oxygens (including phenoxy) is 3. The van der Waals surface area contributed by atoms with Crippen LogP contribution in [0.5, 0.6) is 11.5 Å². The molecule has 0 aliphatic rings. The minimum Gasteiger partial charge on any atom is -0.496 e. The molecular formula is C18H15BrO5. The summed E-state index contributed by atoms with van der Waals surface area (Å²) in [6.07, 6.45) is 2.91. The summed E-state index contributed by atoms with van der Waals surface area (Å²) in [6, 6.07) is 11.6. The van der Waals surface area contributed by atoms with Crippen molar-refractivity contribution < 1.29 is 23.8 Å². The van der Waals surface area contributed by atoms with Crippen LogP contribution in [0.15, 0.2) is 53.0 Å². The fraction of sp³-hybridized carbons (Fsp3) is 0.111. The number of methoxy groups -OCH3 is 2. The highest BCUT2D eigenvalue weighted by Crippen LogP contribution is 2.24. The lowest BCUT2D eigenvalue weighted by atomic mass is 10.2. The summed E-state index contributed by atoms with van der Waals surface area (Å²) in [7, 11) is 2.86. The fourth-order valence-corrected chi connectivity index (χ4v) is 2.30. The first-order valence-corrected chi connectivity index (χ1v) is 7.74. The van der Waals surface area contributed by atoms with Crippen LogP contribution in [-0.2, 0) is 9.53 Å².